The van der Waals surface area contributed by atoms with Gasteiger partial charge in [-0.05, 0) is 76.8 Å². The maximum atomic E-state index is 13.1. The predicted molar refractivity (Wildman–Crippen MR) is 148 cm³/mol. The second kappa shape index (κ2) is 12.1. The Bertz CT molecular complexity index is 1210. The minimum atomic E-state index is -4.40. The van der Waals surface area contributed by atoms with E-state index in [1.807, 2.05) is 32.0 Å². The molecule has 3 aromatic rings. The second-order valence-corrected chi connectivity index (χ2v) is 11.2. The summed E-state index contributed by atoms with van der Waals surface area (Å²) < 4.78 is 44.8. The Balaban J connectivity index is 1.99. The molecule has 3 aromatic carbocycles. The van der Waals surface area contributed by atoms with Crippen molar-refractivity contribution in [1.29, 1.82) is 0 Å². The zero-order valence-electron chi connectivity index (χ0n) is 23.1. The van der Waals surface area contributed by atoms with Crippen LogP contribution in [0.1, 0.15) is 76.1 Å². The van der Waals surface area contributed by atoms with Crippen molar-refractivity contribution in [2.45, 2.75) is 72.0 Å². The molecule has 0 aliphatic rings. The third-order valence-electron chi connectivity index (χ3n) is 6.50. The quantitative estimate of drug-likeness (QED) is 0.283. The highest BCUT2D eigenvalue weighted by Crippen LogP contribution is 2.35. The lowest BCUT2D eigenvalue weighted by molar-refractivity contribution is -0.145. The van der Waals surface area contributed by atoms with Crippen molar-refractivity contribution in [2.24, 2.45) is 5.92 Å². The van der Waals surface area contributed by atoms with E-state index < -0.39 is 17.7 Å². The summed E-state index contributed by atoms with van der Waals surface area (Å²) in [5, 5.41) is 3.45. The van der Waals surface area contributed by atoms with Gasteiger partial charge in [-0.2, -0.15) is 13.2 Å². The highest BCUT2D eigenvalue weighted by Gasteiger charge is 2.30. The fourth-order valence-corrected chi connectivity index (χ4v) is 4.38. The van der Waals surface area contributed by atoms with Gasteiger partial charge >= 0.3 is 12.1 Å². The predicted octanol–water partition coefficient (Wildman–Crippen LogP) is 8.97. The average Bonchev–Trinajstić information content (AvgIpc) is 2.85. The first kappa shape index (κ1) is 29.3. The number of esters is 1. The molecule has 1 atom stereocenters. The van der Waals surface area contributed by atoms with E-state index in [1.54, 1.807) is 6.92 Å². The number of nitrogens with one attached hydrogen (secondary N) is 1. The molecule has 0 saturated heterocycles. The molecule has 0 aliphatic heterocycles. The third-order valence-corrected chi connectivity index (χ3v) is 6.50. The van der Waals surface area contributed by atoms with Gasteiger partial charge in [-0.3, -0.25) is 4.79 Å². The Hall–Kier alpha value is -3.28. The van der Waals surface area contributed by atoms with Crippen LogP contribution in [0.5, 0.6) is 0 Å². The summed E-state index contributed by atoms with van der Waals surface area (Å²) in [5.41, 5.74) is 4.66. The number of anilines is 1. The Morgan fingerprint density at radius 2 is 1.47 bits per heavy atom. The Morgan fingerprint density at radius 3 is 2.00 bits per heavy atom. The highest BCUT2D eigenvalue weighted by atomic mass is 19.4. The number of halogens is 3. The van der Waals surface area contributed by atoms with Gasteiger partial charge in [0, 0.05) is 12.2 Å². The summed E-state index contributed by atoms with van der Waals surface area (Å²) in [4.78, 5) is 12.9. The Kier molecular flexibility index (Phi) is 9.29. The Morgan fingerprint density at radius 1 is 0.868 bits per heavy atom. The SMILES string of the molecule is CCOC(=O)C(CC(C)C)c1cc(NCc2ccc(C(C)(C)C)cc2)cc(-c2ccc(C(F)(F)F)cc2)c1. The number of alkyl halides is 3. The zero-order chi connectivity index (χ0) is 28.1. The van der Waals surface area contributed by atoms with Crippen LogP contribution in [0, 0.1) is 5.92 Å². The minimum Gasteiger partial charge on any atom is -0.466 e. The van der Waals surface area contributed by atoms with Crippen LogP contribution in [0.2, 0.25) is 0 Å². The van der Waals surface area contributed by atoms with E-state index in [0.29, 0.717) is 18.5 Å². The minimum absolute atomic E-state index is 0.0649. The van der Waals surface area contributed by atoms with Gasteiger partial charge in [0.15, 0.2) is 0 Å². The number of carbonyl (C=O) groups excluding carboxylic acids is 1. The first-order valence-corrected chi connectivity index (χ1v) is 13.1. The van der Waals surface area contributed by atoms with Gasteiger partial charge in [0.25, 0.3) is 0 Å². The van der Waals surface area contributed by atoms with Crippen LogP contribution >= 0.6 is 0 Å². The summed E-state index contributed by atoms with van der Waals surface area (Å²) in [6, 6.07) is 19.3. The van der Waals surface area contributed by atoms with Crippen LogP contribution in [0.4, 0.5) is 18.9 Å². The van der Waals surface area contributed by atoms with Crippen molar-refractivity contribution in [3.8, 4) is 11.1 Å². The standard InChI is InChI=1S/C32H38F3NO2/c1-7-38-30(37)29(16-21(2)3)25-17-24(23-10-14-27(15-11-23)32(33,34)35)18-28(19-25)36-20-22-8-12-26(13-9-22)31(4,5)6/h8-15,17-19,21,29,36H,7,16,20H2,1-6H3. The van der Waals surface area contributed by atoms with Crippen molar-refractivity contribution in [1.82, 2.24) is 0 Å². The lowest BCUT2D eigenvalue weighted by atomic mass is 9.86. The fraction of sp³-hybridized carbons (Fsp3) is 0.406. The van der Waals surface area contributed by atoms with Gasteiger partial charge < -0.3 is 10.1 Å². The van der Waals surface area contributed by atoms with Crippen LogP contribution in [-0.4, -0.2) is 12.6 Å². The molecule has 0 heterocycles. The van der Waals surface area contributed by atoms with E-state index >= 15 is 0 Å². The van der Waals surface area contributed by atoms with Crippen LogP contribution in [0.25, 0.3) is 11.1 Å². The van der Waals surface area contributed by atoms with Crippen molar-refractivity contribution < 1.29 is 22.7 Å². The van der Waals surface area contributed by atoms with Crippen LogP contribution < -0.4 is 5.32 Å². The summed E-state index contributed by atoms with van der Waals surface area (Å²) >= 11 is 0. The van der Waals surface area contributed by atoms with Crippen LogP contribution in [0.15, 0.2) is 66.7 Å². The molecule has 1 unspecified atom stereocenters. The molecule has 1 N–H and O–H groups in total. The third kappa shape index (κ3) is 7.86. The normalized spacial score (nSPS) is 12.9. The molecule has 0 fully saturated rings. The van der Waals surface area contributed by atoms with E-state index in [-0.39, 0.29) is 23.9 Å². The average molecular weight is 526 g/mol. The summed E-state index contributed by atoms with van der Waals surface area (Å²) in [5.74, 6) is -0.526. The van der Waals surface area contributed by atoms with Crippen molar-refractivity contribution >= 4 is 11.7 Å². The van der Waals surface area contributed by atoms with E-state index in [4.69, 9.17) is 4.74 Å². The van der Waals surface area contributed by atoms with Crippen LogP contribution in [-0.2, 0) is 27.7 Å². The van der Waals surface area contributed by atoms with E-state index in [9.17, 15) is 18.0 Å². The van der Waals surface area contributed by atoms with Crippen molar-refractivity contribution in [3.63, 3.8) is 0 Å². The van der Waals surface area contributed by atoms with Gasteiger partial charge in [-0.15, -0.1) is 0 Å². The molecule has 6 heteroatoms. The van der Waals surface area contributed by atoms with Crippen molar-refractivity contribution in [2.75, 3.05) is 11.9 Å². The molecule has 0 aromatic heterocycles. The highest BCUT2D eigenvalue weighted by molar-refractivity contribution is 5.80. The molecule has 0 radical (unpaired) electrons. The largest absolute Gasteiger partial charge is 0.466 e. The smallest absolute Gasteiger partial charge is 0.416 e. The van der Waals surface area contributed by atoms with Gasteiger partial charge in [0.05, 0.1) is 18.1 Å². The number of hydrogen-bond acceptors (Lipinski definition) is 3. The van der Waals surface area contributed by atoms with Crippen molar-refractivity contribution in [3.05, 3.63) is 89.0 Å². The molecular weight excluding hydrogens is 487 g/mol. The molecule has 0 aliphatic carbocycles. The number of ether oxygens (including phenoxy) is 1. The monoisotopic (exact) mass is 525 g/mol. The lowest BCUT2D eigenvalue weighted by Gasteiger charge is -2.21. The zero-order valence-corrected chi connectivity index (χ0v) is 23.1. The molecule has 204 valence electrons. The maximum Gasteiger partial charge on any atom is 0.416 e. The van der Waals surface area contributed by atoms with E-state index in [2.05, 4.69) is 50.4 Å². The Labute approximate surface area is 224 Å². The number of rotatable bonds is 9. The van der Waals surface area contributed by atoms with Gasteiger partial charge in [-0.25, -0.2) is 0 Å². The number of benzene rings is 3. The van der Waals surface area contributed by atoms with E-state index in [0.717, 1.165) is 34.5 Å². The summed E-state index contributed by atoms with van der Waals surface area (Å²) in [7, 11) is 0. The number of carbonyl (C=O) groups is 1. The van der Waals surface area contributed by atoms with Crippen LogP contribution in [0.3, 0.4) is 0 Å². The van der Waals surface area contributed by atoms with E-state index in [1.165, 1.54) is 17.7 Å². The van der Waals surface area contributed by atoms with Gasteiger partial charge in [0.1, 0.15) is 0 Å². The number of hydrogen-bond donors (Lipinski definition) is 1. The molecule has 3 nitrogen and oxygen atoms in total. The summed E-state index contributed by atoms with van der Waals surface area (Å²) in [6.45, 7) is 13.2. The topological polar surface area (TPSA) is 38.3 Å². The molecule has 0 bridgehead atoms. The molecule has 0 amide bonds. The maximum absolute atomic E-state index is 13.1. The van der Waals surface area contributed by atoms with Gasteiger partial charge in [-0.1, -0.05) is 77.1 Å². The first-order valence-electron chi connectivity index (χ1n) is 13.1. The molecule has 0 spiro atoms. The molecule has 38 heavy (non-hydrogen) atoms. The molecular formula is C32H38F3NO2. The molecule has 0 saturated carbocycles. The first-order chi connectivity index (χ1) is 17.8. The molecule has 3 rings (SSSR count). The fourth-order valence-electron chi connectivity index (χ4n) is 4.38. The lowest BCUT2D eigenvalue weighted by Crippen LogP contribution is -2.18. The summed E-state index contributed by atoms with van der Waals surface area (Å²) in [6.07, 6.45) is -3.80. The second-order valence-electron chi connectivity index (χ2n) is 11.2. The van der Waals surface area contributed by atoms with Gasteiger partial charge in [0.2, 0.25) is 0 Å².